The average Bonchev–Trinajstić information content (AvgIpc) is 2.32. The SMILES string of the molecule is CCCC(=O)Nc1cc(S(=O)(=O)NC)ccc1C. The van der Waals surface area contributed by atoms with E-state index in [1.807, 2.05) is 13.8 Å². The predicted octanol–water partition coefficient (Wildman–Crippen LogP) is 1.64. The van der Waals surface area contributed by atoms with E-state index in [9.17, 15) is 13.2 Å². The first-order chi connectivity index (χ1) is 8.40. The highest BCUT2D eigenvalue weighted by atomic mass is 32.2. The number of aryl methyl sites for hydroxylation is 1. The van der Waals surface area contributed by atoms with E-state index in [2.05, 4.69) is 10.0 Å². The Bertz CT molecular complexity index is 538. The summed E-state index contributed by atoms with van der Waals surface area (Å²) in [4.78, 5) is 11.7. The standard InChI is InChI=1S/C12H18N2O3S/c1-4-5-12(15)14-11-8-10(7-6-9(11)2)18(16,17)13-3/h6-8,13H,4-5H2,1-3H3,(H,14,15). The van der Waals surface area contributed by atoms with Crippen LogP contribution in [0.1, 0.15) is 25.3 Å². The molecule has 1 aromatic rings. The molecule has 2 N–H and O–H groups in total. The Labute approximate surface area is 108 Å². The monoisotopic (exact) mass is 270 g/mol. The van der Waals surface area contributed by atoms with Crippen LogP contribution in [-0.4, -0.2) is 21.4 Å². The summed E-state index contributed by atoms with van der Waals surface area (Å²) >= 11 is 0. The van der Waals surface area contributed by atoms with Crippen molar-refractivity contribution < 1.29 is 13.2 Å². The van der Waals surface area contributed by atoms with Gasteiger partial charge in [0, 0.05) is 12.1 Å². The molecule has 0 fully saturated rings. The highest BCUT2D eigenvalue weighted by Crippen LogP contribution is 2.20. The maximum Gasteiger partial charge on any atom is 0.240 e. The predicted molar refractivity (Wildman–Crippen MR) is 71.0 cm³/mol. The Hall–Kier alpha value is -1.40. The Balaban J connectivity index is 3.06. The normalized spacial score (nSPS) is 11.3. The number of amides is 1. The number of anilines is 1. The smallest absolute Gasteiger partial charge is 0.240 e. The van der Waals surface area contributed by atoms with Crippen molar-refractivity contribution in [1.82, 2.24) is 4.72 Å². The van der Waals surface area contributed by atoms with Gasteiger partial charge in [0.25, 0.3) is 0 Å². The second-order valence-corrected chi connectivity index (χ2v) is 5.87. The molecule has 0 heterocycles. The van der Waals surface area contributed by atoms with Gasteiger partial charge in [-0.2, -0.15) is 0 Å². The second-order valence-electron chi connectivity index (χ2n) is 3.98. The van der Waals surface area contributed by atoms with Crippen LogP contribution in [0.2, 0.25) is 0 Å². The van der Waals surface area contributed by atoms with E-state index in [4.69, 9.17) is 0 Å². The summed E-state index contributed by atoms with van der Waals surface area (Å²) in [5.41, 5.74) is 1.36. The molecule has 0 radical (unpaired) electrons. The highest BCUT2D eigenvalue weighted by molar-refractivity contribution is 7.89. The molecular weight excluding hydrogens is 252 g/mol. The van der Waals surface area contributed by atoms with Crippen LogP contribution in [0.5, 0.6) is 0 Å². The first-order valence-corrected chi connectivity index (χ1v) is 7.23. The number of carbonyl (C=O) groups excluding carboxylic acids is 1. The lowest BCUT2D eigenvalue weighted by atomic mass is 10.2. The van der Waals surface area contributed by atoms with Crippen molar-refractivity contribution in [2.24, 2.45) is 0 Å². The number of benzene rings is 1. The molecule has 1 rings (SSSR count). The molecule has 0 saturated carbocycles. The van der Waals surface area contributed by atoms with E-state index < -0.39 is 10.0 Å². The van der Waals surface area contributed by atoms with Gasteiger partial charge in [-0.05, 0) is 38.1 Å². The number of sulfonamides is 1. The van der Waals surface area contributed by atoms with Gasteiger partial charge >= 0.3 is 0 Å². The number of carbonyl (C=O) groups is 1. The molecule has 1 aromatic carbocycles. The van der Waals surface area contributed by atoms with Gasteiger partial charge in [-0.1, -0.05) is 13.0 Å². The molecule has 0 atom stereocenters. The van der Waals surface area contributed by atoms with E-state index in [1.165, 1.54) is 19.2 Å². The zero-order valence-corrected chi connectivity index (χ0v) is 11.6. The van der Waals surface area contributed by atoms with Crippen molar-refractivity contribution in [3.63, 3.8) is 0 Å². The Morgan fingerprint density at radius 1 is 1.33 bits per heavy atom. The van der Waals surface area contributed by atoms with Crippen LogP contribution in [0.3, 0.4) is 0 Å². The van der Waals surface area contributed by atoms with Crippen LogP contribution in [0, 0.1) is 6.92 Å². The maximum absolute atomic E-state index is 11.7. The largest absolute Gasteiger partial charge is 0.326 e. The maximum atomic E-state index is 11.7. The van der Waals surface area contributed by atoms with Crippen LogP contribution in [0.4, 0.5) is 5.69 Å². The molecule has 0 aliphatic heterocycles. The molecule has 5 nitrogen and oxygen atoms in total. The van der Waals surface area contributed by atoms with E-state index in [0.717, 1.165) is 12.0 Å². The average molecular weight is 270 g/mol. The number of rotatable bonds is 5. The molecule has 6 heteroatoms. The van der Waals surface area contributed by atoms with Gasteiger partial charge < -0.3 is 5.32 Å². The number of hydrogen-bond acceptors (Lipinski definition) is 3. The first-order valence-electron chi connectivity index (χ1n) is 5.74. The molecule has 18 heavy (non-hydrogen) atoms. The van der Waals surface area contributed by atoms with Gasteiger partial charge in [0.1, 0.15) is 0 Å². The van der Waals surface area contributed by atoms with Gasteiger partial charge in [0.05, 0.1) is 4.90 Å². The molecule has 0 aliphatic carbocycles. The summed E-state index contributed by atoms with van der Waals surface area (Å²) in [7, 11) is -2.14. The third-order valence-electron chi connectivity index (χ3n) is 2.54. The minimum Gasteiger partial charge on any atom is -0.326 e. The Kier molecular flexibility index (Phi) is 4.86. The molecule has 0 bridgehead atoms. The van der Waals surface area contributed by atoms with E-state index in [-0.39, 0.29) is 10.8 Å². The minimum absolute atomic E-state index is 0.111. The third-order valence-corrected chi connectivity index (χ3v) is 3.95. The van der Waals surface area contributed by atoms with Crippen molar-refractivity contribution in [2.75, 3.05) is 12.4 Å². The molecule has 1 amide bonds. The lowest BCUT2D eigenvalue weighted by molar-refractivity contribution is -0.116. The summed E-state index contributed by atoms with van der Waals surface area (Å²) in [5, 5.41) is 2.72. The van der Waals surface area contributed by atoms with Gasteiger partial charge in [-0.25, -0.2) is 13.1 Å². The van der Waals surface area contributed by atoms with Gasteiger partial charge in [-0.15, -0.1) is 0 Å². The van der Waals surface area contributed by atoms with Crippen LogP contribution in [-0.2, 0) is 14.8 Å². The molecule has 0 aliphatic rings. The second kappa shape index (κ2) is 5.97. The first kappa shape index (κ1) is 14.7. The molecular formula is C12H18N2O3S. The summed E-state index contributed by atoms with van der Waals surface area (Å²) in [6.07, 6.45) is 1.17. The fourth-order valence-corrected chi connectivity index (χ4v) is 2.22. The van der Waals surface area contributed by atoms with Gasteiger partial charge in [0.2, 0.25) is 15.9 Å². The van der Waals surface area contributed by atoms with Gasteiger partial charge in [0.15, 0.2) is 0 Å². The van der Waals surface area contributed by atoms with E-state index in [1.54, 1.807) is 6.07 Å². The zero-order valence-electron chi connectivity index (χ0n) is 10.8. The Morgan fingerprint density at radius 2 is 2.00 bits per heavy atom. The number of nitrogens with one attached hydrogen (secondary N) is 2. The summed E-state index contributed by atoms with van der Waals surface area (Å²) in [6.45, 7) is 3.73. The molecule has 0 saturated heterocycles. The van der Waals surface area contributed by atoms with Crippen molar-refractivity contribution in [1.29, 1.82) is 0 Å². The zero-order chi connectivity index (χ0) is 13.8. The highest BCUT2D eigenvalue weighted by Gasteiger charge is 2.13. The van der Waals surface area contributed by atoms with Gasteiger partial charge in [-0.3, -0.25) is 4.79 Å². The molecule has 100 valence electrons. The molecule has 0 spiro atoms. The lowest BCUT2D eigenvalue weighted by Gasteiger charge is -2.10. The van der Waals surface area contributed by atoms with Crippen LogP contribution >= 0.6 is 0 Å². The minimum atomic E-state index is -3.49. The molecule has 0 unspecified atom stereocenters. The topological polar surface area (TPSA) is 75.3 Å². The summed E-state index contributed by atoms with van der Waals surface area (Å²) < 4.78 is 25.5. The third kappa shape index (κ3) is 3.54. The van der Waals surface area contributed by atoms with Crippen molar-refractivity contribution in [3.05, 3.63) is 23.8 Å². The van der Waals surface area contributed by atoms with Crippen LogP contribution in [0.25, 0.3) is 0 Å². The lowest BCUT2D eigenvalue weighted by Crippen LogP contribution is -2.19. The fourth-order valence-electron chi connectivity index (χ4n) is 1.46. The summed E-state index contributed by atoms with van der Waals surface area (Å²) in [5.74, 6) is -0.111. The van der Waals surface area contributed by atoms with E-state index >= 15 is 0 Å². The van der Waals surface area contributed by atoms with Crippen LogP contribution < -0.4 is 10.0 Å². The van der Waals surface area contributed by atoms with E-state index in [0.29, 0.717) is 12.1 Å². The number of hydrogen-bond donors (Lipinski definition) is 2. The fraction of sp³-hybridized carbons (Fsp3) is 0.417. The molecule has 0 aromatic heterocycles. The van der Waals surface area contributed by atoms with Crippen molar-refractivity contribution in [3.8, 4) is 0 Å². The summed E-state index contributed by atoms with van der Waals surface area (Å²) in [6, 6.07) is 4.65. The van der Waals surface area contributed by atoms with Crippen LogP contribution in [0.15, 0.2) is 23.1 Å². The quantitative estimate of drug-likeness (QED) is 0.854. The Morgan fingerprint density at radius 3 is 2.56 bits per heavy atom. The van der Waals surface area contributed by atoms with Crippen molar-refractivity contribution in [2.45, 2.75) is 31.6 Å². The van der Waals surface area contributed by atoms with Crippen molar-refractivity contribution >= 4 is 21.6 Å².